The normalized spacial score (nSPS) is 10.4. The summed E-state index contributed by atoms with van der Waals surface area (Å²) in [6.07, 6.45) is 0. The van der Waals surface area contributed by atoms with Crippen molar-refractivity contribution >= 4 is 23.2 Å². The first-order chi connectivity index (χ1) is 8.61. The Kier molecular flexibility index (Phi) is 4.12. The van der Waals surface area contributed by atoms with Crippen molar-refractivity contribution in [3.05, 3.63) is 57.6 Å². The van der Waals surface area contributed by atoms with Crippen molar-refractivity contribution in [2.75, 3.05) is 0 Å². The van der Waals surface area contributed by atoms with Crippen molar-refractivity contribution in [1.29, 1.82) is 0 Å². The topological polar surface area (TPSA) is 29.5 Å². The molecule has 4 heteroatoms. The molecule has 2 aromatic rings. The Labute approximate surface area is 116 Å². The first kappa shape index (κ1) is 13.2. The lowest BCUT2D eigenvalue weighted by Crippen LogP contribution is -1.94. The van der Waals surface area contributed by atoms with Crippen LogP contribution in [0.2, 0.25) is 10.0 Å². The average molecular weight is 283 g/mol. The van der Waals surface area contributed by atoms with E-state index in [9.17, 15) is 5.11 Å². The summed E-state index contributed by atoms with van der Waals surface area (Å²) in [6.45, 7) is 1.75. The van der Waals surface area contributed by atoms with E-state index in [4.69, 9.17) is 27.9 Å². The molecular weight excluding hydrogens is 271 g/mol. The Morgan fingerprint density at radius 1 is 1.11 bits per heavy atom. The van der Waals surface area contributed by atoms with Gasteiger partial charge < -0.3 is 9.84 Å². The minimum Gasteiger partial charge on any atom is -0.457 e. The Morgan fingerprint density at radius 3 is 2.61 bits per heavy atom. The zero-order chi connectivity index (χ0) is 13.1. The van der Waals surface area contributed by atoms with E-state index < -0.39 is 0 Å². The summed E-state index contributed by atoms with van der Waals surface area (Å²) in [5.74, 6) is 1.19. The van der Waals surface area contributed by atoms with E-state index in [0.717, 1.165) is 5.56 Å². The summed E-state index contributed by atoms with van der Waals surface area (Å²) >= 11 is 11.9. The number of rotatable bonds is 3. The van der Waals surface area contributed by atoms with Crippen molar-refractivity contribution in [1.82, 2.24) is 0 Å². The van der Waals surface area contributed by atoms with Crippen molar-refractivity contribution in [2.24, 2.45) is 0 Å². The van der Waals surface area contributed by atoms with Gasteiger partial charge in [0.2, 0.25) is 0 Å². The molecule has 0 spiro atoms. The van der Waals surface area contributed by atoms with Gasteiger partial charge in [-0.2, -0.15) is 0 Å². The van der Waals surface area contributed by atoms with Crippen LogP contribution in [0.25, 0.3) is 0 Å². The standard InChI is InChI=1S/C14H12Cl2O2/c1-9-5-6-10(15)7-14(9)18-13-4-2-3-12(16)11(13)8-17/h2-7,17H,8H2,1H3. The highest BCUT2D eigenvalue weighted by atomic mass is 35.5. The highest BCUT2D eigenvalue weighted by Crippen LogP contribution is 2.33. The number of hydrogen-bond donors (Lipinski definition) is 1. The van der Waals surface area contributed by atoms with Crippen LogP contribution in [-0.4, -0.2) is 5.11 Å². The van der Waals surface area contributed by atoms with Crippen molar-refractivity contribution in [3.63, 3.8) is 0 Å². The molecule has 0 aromatic heterocycles. The number of halogens is 2. The summed E-state index contributed by atoms with van der Waals surface area (Å²) in [6, 6.07) is 10.7. The molecule has 0 aliphatic carbocycles. The first-order valence-electron chi connectivity index (χ1n) is 5.44. The molecule has 0 atom stereocenters. The summed E-state index contributed by atoms with van der Waals surface area (Å²) in [4.78, 5) is 0. The van der Waals surface area contributed by atoms with Crippen LogP contribution in [0.4, 0.5) is 0 Å². The van der Waals surface area contributed by atoms with Gasteiger partial charge >= 0.3 is 0 Å². The Balaban J connectivity index is 2.40. The van der Waals surface area contributed by atoms with Gasteiger partial charge in [-0.3, -0.25) is 0 Å². The third-order valence-electron chi connectivity index (χ3n) is 2.60. The molecule has 0 bridgehead atoms. The lowest BCUT2D eigenvalue weighted by atomic mass is 10.2. The Hall–Kier alpha value is -1.22. The van der Waals surface area contributed by atoms with Crippen LogP contribution in [0.15, 0.2) is 36.4 Å². The molecule has 0 radical (unpaired) electrons. The molecule has 2 aromatic carbocycles. The fourth-order valence-corrected chi connectivity index (χ4v) is 1.98. The van der Waals surface area contributed by atoms with Gasteiger partial charge in [0.15, 0.2) is 0 Å². The van der Waals surface area contributed by atoms with E-state index in [0.29, 0.717) is 27.1 Å². The molecular formula is C14H12Cl2O2. The van der Waals surface area contributed by atoms with Gasteiger partial charge in [-0.05, 0) is 36.8 Å². The van der Waals surface area contributed by atoms with Gasteiger partial charge in [0.25, 0.3) is 0 Å². The van der Waals surface area contributed by atoms with Crippen LogP contribution in [-0.2, 0) is 6.61 Å². The molecule has 2 rings (SSSR count). The third-order valence-corrected chi connectivity index (χ3v) is 3.19. The van der Waals surface area contributed by atoms with Gasteiger partial charge in [0.1, 0.15) is 11.5 Å². The minimum atomic E-state index is -0.172. The van der Waals surface area contributed by atoms with Gasteiger partial charge in [-0.15, -0.1) is 0 Å². The fourth-order valence-electron chi connectivity index (χ4n) is 1.59. The summed E-state index contributed by atoms with van der Waals surface area (Å²) in [5, 5.41) is 10.4. The Morgan fingerprint density at radius 2 is 1.89 bits per heavy atom. The molecule has 1 N–H and O–H groups in total. The van der Waals surface area contributed by atoms with Crippen LogP contribution in [0.1, 0.15) is 11.1 Å². The van der Waals surface area contributed by atoms with Gasteiger partial charge in [0, 0.05) is 15.6 Å². The van der Waals surface area contributed by atoms with Crippen LogP contribution >= 0.6 is 23.2 Å². The maximum absolute atomic E-state index is 9.31. The number of aliphatic hydroxyl groups excluding tert-OH is 1. The predicted octanol–water partition coefficient (Wildman–Crippen LogP) is 4.59. The van der Waals surface area contributed by atoms with Gasteiger partial charge in [-0.25, -0.2) is 0 Å². The van der Waals surface area contributed by atoms with Crippen LogP contribution in [0.5, 0.6) is 11.5 Å². The maximum atomic E-state index is 9.31. The third kappa shape index (κ3) is 2.78. The smallest absolute Gasteiger partial charge is 0.134 e. The monoisotopic (exact) mass is 282 g/mol. The number of hydrogen-bond acceptors (Lipinski definition) is 2. The van der Waals surface area contributed by atoms with E-state index in [1.165, 1.54) is 0 Å². The van der Waals surface area contributed by atoms with Crippen molar-refractivity contribution < 1.29 is 9.84 Å². The average Bonchev–Trinajstić information content (AvgIpc) is 2.34. The lowest BCUT2D eigenvalue weighted by Gasteiger charge is -2.13. The fraction of sp³-hybridized carbons (Fsp3) is 0.143. The molecule has 18 heavy (non-hydrogen) atoms. The van der Waals surface area contributed by atoms with Gasteiger partial charge in [0.05, 0.1) is 6.61 Å². The highest BCUT2D eigenvalue weighted by molar-refractivity contribution is 6.31. The number of benzene rings is 2. The molecule has 0 heterocycles. The molecule has 0 amide bonds. The second-order valence-corrected chi connectivity index (χ2v) is 4.73. The molecule has 0 aliphatic rings. The minimum absolute atomic E-state index is 0.172. The molecule has 94 valence electrons. The summed E-state index contributed by atoms with van der Waals surface area (Å²) < 4.78 is 5.76. The van der Waals surface area contributed by atoms with E-state index in [2.05, 4.69) is 0 Å². The summed E-state index contributed by atoms with van der Waals surface area (Å²) in [5.41, 5.74) is 1.53. The molecule has 0 saturated heterocycles. The zero-order valence-electron chi connectivity index (χ0n) is 9.78. The molecule has 0 unspecified atom stereocenters. The molecule has 0 fully saturated rings. The van der Waals surface area contributed by atoms with Gasteiger partial charge in [-0.1, -0.05) is 35.3 Å². The quantitative estimate of drug-likeness (QED) is 0.893. The molecule has 0 aliphatic heterocycles. The second-order valence-electron chi connectivity index (χ2n) is 3.89. The molecule has 0 saturated carbocycles. The van der Waals surface area contributed by atoms with Crippen LogP contribution in [0, 0.1) is 6.92 Å². The van der Waals surface area contributed by atoms with Crippen molar-refractivity contribution in [3.8, 4) is 11.5 Å². The number of aliphatic hydroxyl groups is 1. The molecule has 2 nitrogen and oxygen atoms in total. The van der Waals surface area contributed by atoms with E-state index in [1.54, 1.807) is 30.3 Å². The highest BCUT2D eigenvalue weighted by Gasteiger charge is 2.09. The lowest BCUT2D eigenvalue weighted by molar-refractivity contribution is 0.276. The SMILES string of the molecule is Cc1ccc(Cl)cc1Oc1cccc(Cl)c1CO. The number of aryl methyl sites for hydroxylation is 1. The Bertz CT molecular complexity index is 568. The maximum Gasteiger partial charge on any atom is 0.134 e. The zero-order valence-corrected chi connectivity index (χ0v) is 11.3. The van der Waals surface area contributed by atoms with Crippen molar-refractivity contribution in [2.45, 2.75) is 13.5 Å². The largest absolute Gasteiger partial charge is 0.457 e. The van der Waals surface area contributed by atoms with Crippen LogP contribution < -0.4 is 4.74 Å². The van der Waals surface area contributed by atoms with Crippen LogP contribution in [0.3, 0.4) is 0 Å². The predicted molar refractivity (Wildman–Crippen MR) is 73.6 cm³/mol. The summed E-state index contributed by atoms with van der Waals surface area (Å²) in [7, 11) is 0. The van der Waals surface area contributed by atoms with E-state index in [-0.39, 0.29) is 6.61 Å². The van der Waals surface area contributed by atoms with E-state index in [1.807, 2.05) is 13.0 Å². The van der Waals surface area contributed by atoms with E-state index >= 15 is 0 Å². The number of ether oxygens (including phenoxy) is 1. The first-order valence-corrected chi connectivity index (χ1v) is 6.19. The second kappa shape index (κ2) is 5.61.